The molecule has 0 saturated carbocycles. The maximum absolute atomic E-state index is 13.0. The van der Waals surface area contributed by atoms with Crippen molar-refractivity contribution in [3.8, 4) is 0 Å². The summed E-state index contributed by atoms with van der Waals surface area (Å²) in [5.41, 5.74) is 0. The van der Waals surface area contributed by atoms with Gasteiger partial charge in [-0.15, -0.1) is 0 Å². The van der Waals surface area contributed by atoms with Gasteiger partial charge in [-0.05, 0) is 31.9 Å². The topological polar surface area (TPSA) is 26.3 Å². The lowest BCUT2D eigenvalue weighted by Gasteiger charge is -2.14. The van der Waals surface area contributed by atoms with Crippen molar-refractivity contribution in [2.45, 2.75) is 76.9 Å². The van der Waals surface area contributed by atoms with Gasteiger partial charge in [0, 0.05) is 24.5 Å². The van der Waals surface area contributed by atoms with Crippen LogP contribution in [0.3, 0.4) is 0 Å². The standard InChI is InChI=1S/C15H28F2O2S/c1-4-6-9-14(18)19-12-13(3)20-11-8-7-10-15(16,17)5-2/h13H,4-12H2,1-3H3. The monoisotopic (exact) mass is 310 g/mol. The second kappa shape index (κ2) is 11.4. The molecule has 0 aromatic carbocycles. The lowest BCUT2D eigenvalue weighted by molar-refractivity contribution is -0.143. The SMILES string of the molecule is CCCCC(=O)OCC(C)SCCCCC(F)(F)CC. The molecule has 20 heavy (non-hydrogen) atoms. The summed E-state index contributed by atoms with van der Waals surface area (Å²) in [7, 11) is 0. The molecule has 0 aliphatic heterocycles. The van der Waals surface area contributed by atoms with Crippen LogP contribution in [0.4, 0.5) is 8.78 Å². The molecule has 0 aromatic heterocycles. The van der Waals surface area contributed by atoms with Crippen LogP contribution in [0.15, 0.2) is 0 Å². The molecule has 0 aliphatic carbocycles. The zero-order valence-electron chi connectivity index (χ0n) is 12.9. The molecule has 0 aromatic rings. The number of esters is 1. The highest BCUT2D eigenvalue weighted by Gasteiger charge is 2.24. The van der Waals surface area contributed by atoms with Crippen molar-refractivity contribution in [2.75, 3.05) is 12.4 Å². The van der Waals surface area contributed by atoms with Crippen LogP contribution in [0.5, 0.6) is 0 Å². The molecule has 0 radical (unpaired) electrons. The van der Waals surface area contributed by atoms with Crippen LogP contribution in [0.25, 0.3) is 0 Å². The number of ether oxygens (including phenoxy) is 1. The van der Waals surface area contributed by atoms with Crippen LogP contribution in [0, 0.1) is 0 Å². The van der Waals surface area contributed by atoms with Gasteiger partial charge in [0.05, 0.1) is 0 Å². The Kier molecular flexibility index (Phi) is 11.2. The third-order valence-corrected chi connectivity index (χ3v) is 4.30. The average molecular weight is 310 g/mol. The maximum atomic E-state index is 13.0. The molecule has 1 atom stereocenters. The summed E-state index contributed by atoms with van der Waals surface area (Å²) in [6, 6.07) is 0. The Labute approximate surface area is 126 Å². The number of rotatable bonds is 12. The fourth-order valence-corrected chi connectivity index (χ4v) is 2.54. The third-order valence-electron chi connectivity index (χ3n) is 3.07. The van der Waals surface area contributed by atoms with Crippen LogP contribution >= 0.6 is 11.8 Å². The normalized spacial score (nSPS) is 13.2. The molecule has 0 fully saturated rings. The second-order valence-corrected chi connectivity index (χ2v) is 6.68. The Morgan fingerprint density at radius 2 is 1.95 bits per heavy atom. The second-order valence-electron chi connectivity index (χ2n) is 5.13. The van der Waals surface area contributed by atoms with E-state index in [0.717, 1.165) is 25.0 Å². The molecule has 120 valence electrons. The zero-order chi connectivity index (χ0) is 15.4. The van der Waals surface area contributed by atoms with Crippen molar-refractivity contribution in [3.05, 3.63) is 0 Å². The first-order valence-electron chi connectivity index (χ1n) is 7.56. The first-order valence-corrected chi connectivity index (χ1v) is 8.61. The molecule has 1 unspecified atom stereocenters. The molecule has 0 amide bonds. The average Bonchev–Trinajstić information content (AvgIpc) is 2.42. The van der Waals surface area contributed by atoms with Crippen LogP contribution in [0.1, 0.15) is 65.7 Å². The molecule has 0 spiro atoms. The van der Waals surface area contributed by atoms with Gasteiger partial charge in [0.1, 0.15) is 6.61 Å². The smallest absolute Gasteiger partial charge is 0.305 e. The van der Waals surface area contributed by atoms with Crippen LogP contribution in [-0.4, -0.2) is 29.5 Å². The first-order chi connectivity index (χ1) is 9.41. The van der Waals surface area contributed by atoms with Crippen molar-refractivity contribution in [1.82, 2.24) is 0 Å². The van der Waals surface area contributed by atoms with Gasteiger partial charge in [-0.3, -0.25) is 4.79 Å². The van der Waals surface area contributed by atoms with Gasteiger partial charge < -0.3 is 4.74 Å². The van der Waals surface area contributed by atoms with E-state index in [1.54, 1.807) is 11.8 Å². The van der Waals surface area contributed by atoms with E-state index in [1.165, 1.54) is 6.92 Å². The molecule has 0 rings (SSSR count). The van der Waals surface area contributed by atoms with E-state index in [1.807, 2.05) is 13.8 Å². The van der Waals surface area contributed by atoms with Crippen molar-refractivity contribution in [2.24, 2.45) is 0 Å². The minimum Gasteiger partial charge on any atom is -0.465 e. The summed E-state index contributed by atoms with van der Waals surface area (Å²) < 4.78 is 31.1. The zero-order valence-corrected chi connectivity index (χ0v) is 13.7. The van der Waals surface area contributed by atoms with Gasteiger partial charge in [-0.1, -0.05) is 20.3 Å². The Morgan fingerprint density at radius 1 is 1.25 bits per heavy atom. The van der Waals surface area contributed by atoms with Crippen LogP contribution in [-0.2, 0) is 9.53 Å². The van der Waals surface area contributed by atoms with E-state index >= 15 is 0 Å². The van der Waals surface area contributed by atoms with Crippen molar-refractivity contribution in [3.63, 3.8) is 0 Å². The van der Waals surface area contributed by atoms with Crippen molar-refractivity contribution >= 4 is 17.7 Å². The largest absolute Gasteiger partial charge is 0.465 e. The number of thioether (sulfide) groups is 1. The Hall–Kier alpha value is -0.320. The molecule has 0 aliphatic rings. The molecule has 0 bridgehead atoms. The van der Waals surface area contributed by atoms with Crippen molar-refractivity contribution in [1.29, 1.82) is 0 Å². The number of alkyl halides is 2. The highest BCUT2D eigenvalue weighted by molar-refractivity contribution is 7.99. The number of hydrogen-bond donors (Lipinski definition) is 0. The minimum atomic E-state index is -2.51. The van der Waals surface area contributed by atoms with Gasteiger partial charge in [0.25, 0.3) is 0 Å². The van der Waals surface area contributed by atoms with Gasteiger partial charge in [0.15, 0.2) is 0 Å². The molecule has 0 N–H and O–H groups in total. The lowest BCUT2D eigenvalue weighted by atomic mass is 10.1. The van der Waals surface area contributed by atoms with E-state index in [9.17, 15) is 13.6 Å². The van der Waals surface area contributed by atoms with E-state index in [4.69, 9.17) is 4.74 Å². The molecular formula is C15H28F2O2S. The number of halogens is 2. The molecule has 2 nitrogen and oxygen atoms in total. The van der Waals surface area contributed by atoms with E-state index < -0.39 is 5.92 Å². The quantitative estimate of drug-likeness (QED) is 0.372. The fraction of sp³-hybridized carbons (Fsp3) is 0.933. The van der Waals surface area contributed by atoms with Crippen LogP contribution < -0.4 is 0 Å². The van der Waals surface area contributed by atoms with Gasteiger partial charge >= 0.3 is 5.97 Å². The summed E-state index contributed by atoms with van der Waals surface area (Å²) in [6.45, 7) is 5.97. The summed E-state index contributed by atoms with van der Waals surface area (Å²) in [5.74, 6) is -1.81. The predicted octanol–water partition coefficient (Wildman–Crippen LogP) is 5.06. The lowest BCUT2D eigenvalue weighted by Crippen LogP contribution is -2.15. The third kappa shape index (κ3) is 11.5. The number of hydrogen-bond acceptors (Lipinski definition) is 3. The van der Waals surface area contributed by atoms with Crippen molar-refractivity contribution < 1.29 is 18.3 Å². The Bertz CT molecular complexity index is 260. The van der Waals surface area contributed by atoms with Gasteiger partial charge in [0.2, 0.25) is 5.92 Å². The number of carbonyl (C=O) groups is 1. The minimum absolute atomic E-state index is 0.0234. The number of unbranched alkanes of at least 4 members (excludes halogenated alkanes) is 2. The molecular weight excluding hydrogens is 282 g/mol. The molecule has 0 saturated heterocycles. The molecule has 5 heteroatoms. The van der Waals surface area contributed by atoms with E-state index in [2.05, 4.69) is 0 Å². The van der Waals surface area contributed by atoms with E-state index in [-0.39, 0.29) is 24.1 Å². The Balaban J connectivity index is 3.49. The van der Waals surface area contributed by atoms with Gasteiger partial charge in [-0.2, -0.15) is 11.8 Å². The first kappa shape index (κ1) is 19.7. The number of carbonyl (C=O) groups excluding carboxylic acids is 1. The summed E-state index contributed by atoms with van der Waals surface area (Å²) >= 11 is 1.68. The van der Waals surface area contributed by atoms with Gasteiger partial charge in [-0.25, -0.2) is 8.78 Å². The Morgan fingerprint density at radius 3 is 2.55 bits per heavy atom. The summed E-state index contributed by atoms with van der Waals surface area (Å²) in [6.07, 6.45) is 3.58. The maximum Gasteiger partial charge on any atom is 0.305 e. The highest BCUT2D eigenvalue weighted by Crippen LogP contribution is 2.25. The summed E-state index contributed by atoms with van der Waals surface area (Å²) in [4.78, 5) is 11.3. The summed E-state index contributed by atoms with van der Waals surface area (Å²) in [5, 5.41) is 0.229. The van der Waals surface area contributed by atoms with Crippen LogP contribution in [0.2, 0.25) is 0 Å². The highest BCUT2D eigenvalue weighted by atomic mass is 32.2. The fourth-order valence-electron chi connectivity index (χ4n) is 1.60. The molecule has 0 heterocycles. The predicted molar refractivity (Wildman–Crippen MR) is 81.5 cm³/mol. The van der Waals surface area contributed by atoms with E-state index in [0.29, 0.717) is 19.4 Å².